The van der Waals surface area contributed by atoms with Gasteiger partial charge in [0.2, 0.25) is 10.0 Å². The van der Waals surface area contributed by atoms with Crippen LogP contribution in [0.4, 0.5) is 14.5 Å². The van der Waals surface area contributed by atoms with Crippen molar-refractivity contribution in [2.75, 3.05) is 19.0 Å². The summed E-state index contributed by atoms with van der Waals surface area (Å²) >= 11 is 0. The van der Waals surface area contributed by atoms with Gasteiger partial charge in [-0.2, -0.15) is 4.31 Å². The third kappa shape index (κ3) is 4.35. The fourth-order valence-corrected chi connectivity index (χ4v) is 4.97. The minimum absolute atomic E-state index is 0.0228. The maximum atomic E-state index is 13.4. The normalized spacial score (nSPS) is 14.0. The van der Waals surface area contributed by atoms with Crippen molar-refractivity contribution >= 4 is 21.6 Å². The minimum atomic E-state index is -3.70. The van der Waals surface area contributed by atoms with Gasteiger partial charge in [0.25, 0.3) is 5.91 Å². The second-order valence-corrected chi connectivity index (χ2v) is 9.27. The Balaban J connectivity index is 1.53. The summed E-state index contributed by atoms with van der Waals surface area (Å²) in [6.45, 7) is 0.487. The molecule has 0 bridgehead atoms. The van der Waals surface area contributed by atoms with Crippen LogP contribution < -0.4 is 10.1 Å². The van der Waals surface area contributed by atoms with Crippen LogP contribution in [0.2, 0.25) is 0 Å². The lowest BCUT2D eigenvalue weighted by molar-refractivity contribution is 0.102. The SMILES string of the molecule is COc1ccc(S(=O)(=O)N2CCc3ccc(NC(=O)c4ccc(F)c(F)c4)cc3C2)cc1. The van der Waals surface area contributed by atoms with E-state index in [2.05, 4.69) is 5.32 Å². The third-order valence-corrected chi connectivity index (χ3v) is 7.18. The number of hydrogen-bond acceptors (Lipinski definition) is 4. The maximum Gasteiger partial charge on any atom is 0.255 e. The van der Waals surface area contributed by atoms with Crippen molar-refractivity contribution in [2.24, 2.45) is 0 Å². The first-order chi connectivity index (χ1) is 15.3. The highest BCUT2D eigenvalue weighted by molar-refractivity contribution is 7.89. The predicted octanol–water partition coefficient (Wildman–Crippen LogP) is 3.97. The molecule has 4 rings (SSSR count). The summed E-state index contributed by atoms with van der Waals surface area (Å²) in [4.78, 5) is 12.6. The molecular weight excluding hydrogens is 438 g/mol. The topological polar surface area (TPSA) is 75.7 Å². The molecule has 0 aromatic heterocycles. The smallest absolute Gasteiger partial charge is 0.255 e. The predicted molar refractivity (Wildman–Crippen MR) is 115 cm³/mol. The number of halogens is 2. The van der Waals surface area contributed by atoms with Gasteiger partial charge in [0, 0.05) is 24.3 Å². The van der Waals surface area contributed by atoms with Gasteiger partial charge in [0.1, 0.15) is 5.75 Å². The number of nitrogens with one attached hydrogen (secondary N) is 1. The van der Waals surface area contributed by atoms with Crippen LogP contribution in [0.3, 0.4) is 0 Å². The number of hydrogen-bond donors (Lipinski definition) is 1. The van der Waals surface area contributed by atoms with Crippen molar-refractivity contribution in [3.8, 4) is 5.75 Å². The number of sulfonamides is 1. The van der Waals surface area contributed by atoms with Crippen LogP contribution in [0.15, 0.2) is 65.6 Å². The molecule has 9 heteroatoms. The number of rotatable bonds is 5. The van der Waals surface area contributed by atoms with Gasteiger partial charge in [0.15, 0.2) is 11.6 Å². The minimum Gasteiger partial charge on any atom is -0.497 e. The molecule has 0 radical (unpaired) electrons. The summed E-state index contributed by atoms with van der Waals surface area (Å²) in [6, 6.07) is 14.3. The molecule has 3 aromatic carbocycles. The fourth-order valence-electron chi connectivity index (χ4n) is 3.55. The molecule has 0 saturated carbocycles. The number of benzene rings is 3. The summed E-state index contributed by atoms with van der Waals surface area (Å²) in [5.74, 6) is -2.17. The van der Waals surface area contributed by atoms with Gasteiger partial charge in [-0.05, 0) is 72.1 Å². The van der Waals surface area contributed by atoms with E-state index in [0.717, 1.165) is 23.3 Å². The van der Waals surface area contributed by atoms with Crippen molar-refractivity contribution in [2.45, 2.75) is 17.9 Å². The van der Waals surface area contributed by atoms with Crippen molar-refractivity contribution < 1.29 is 26.7 Å². The van der Waals surface area contributed by atoms with Gasteiger partial charge in [-0.25, -0.2) is 17.2 Å². The van der Waals surface area contributed by atoms with Gasteiger partial charge in [-0.3, -0.25) is 4.79 Å². The molecule has 1 amide bonds. The Bertz CT molecular complexity index is 1280. The zero-order valence-corrected chi connectivity index (χ0v) is 18.0. The Hall–Kier alpha value is -3.30. The van der Waals surface area contributed by atoms with Crippen LogP contribution in [0.25, 0.3) is 0 Å². The van der Waals surface area contributed by atoms with Gasteiger partial charge in [-0.15, -0.1) is 0 Å². The van der Waals surface area contributed by atoms with E-state index >= 15 is 0 Å². The van der Waals surface area contributed by atoms with Gasteiger partial charge >= 0.3 is 0 Å². The maximum absolute atomic E-state index is 13.4. The standard InChI is InChI=1S/C23H20F2N2O4S/c1-31-19-5-7-20(8-6-19)32(29,30)27-11-10-15-2-4-18(12-17(15)14-27)26-23(28)16-3-9-21(24)22(25)13-16/h2-9,12-13H,10-11,14H2,1H3,(H,26,28). The Morgan fingerprint density at radius 1 is 0.969 bits per heavy atom. The molecule has 0 aliphatic carbocycles. The quantitative estimate of drug-likeness (QED) is 0.628. The molecule has 0 atom stereocenters. The molecule has 0 saturated heterocycles. The van der Waals surface area contributed by atoms with Crippen molar-refractivity contribution in [1.29, 1.82) is 0 Å². The Kier molecular flexibility index (Phi) is 5.94. The first-order valence-electron chi connectivity index (χ1n) is 9.80. The zero-order valence-electron chi connectivity index (χ0n) is 17.1. The van der Waals surface area contributed by atoms with E-state index < -0.39 is 27.6 Å². The Morgan fingerprint density at radius 2 is 1.72 bits per heavy atom. The fraction of sp³-hybridized carbons (Fsp3) is 0.174. The molecular formula is C23H20F2N2O4S. The second kappa shape index (κ2) is 8.68. The number of carbonyl (C=O) groups excluding carboxylic acids is 1. The van der Waals surface area contributed by atoms with Crippen molar-refractivity contribution in [3.05, 3.63) is 89.0 Å². The number of nitrogens with zero attached hydrogens (tertiary/aromatic N) is 1. The molecule has 32 heavy (non-hydrogen) atoms. The number of anilines is 1. The average Bonchev–Trinajstić information content (AvgIpc) is 2.80. The number of amides is 1. The summed E-state index contributed by atoms with van der Waals surface area (Å²) in [6.07, 6.45) is 0.530. The number of ether oxygens (including phenoxy) is 1. The molecule has 6 nitrogen and oxygen atoms in total. The van der Waals surface area contributed by atoms with Gasteiger partial charge in [0.05, 0.1) is 12.0 Å². The summed E-state index contributed by atoms with van der Waals surface area (Å²) in [5, 5.41) is 2.64. The monoisotopic (exact) mass is 458 g/mol. The van der Waals surface area contributed by atoms with Crippen LogP contribution in [-0.2, 0) is 23.0 Å². The van der Waals surface area contributed by atoms with Crippen LogP contribution in [0, 0.1) is 11.6 Å². The van der Waals surface area contributed by atoms with Crippen molar-refractivity contribution in [1.82, 2.24) is 4.31 Å². The van der Waals surface area contributed by atoms with Crippen LogP contribution in [-0.4, -0.2) is 32.3 Å². The molecule has 0 spiro atoms. The molecule has 1 N–H and O–H groups in total. The number of fused-ring (bicyclic) bond motifs is 1. The number of carbonyl (C=O) groups is 1. The molecule has 0 unspecified atom stereocenters. The molecule has 166 valence electrons. The Labute approximate surface area is 184 Å². The lowest BCUT2D eigenvalue weighted by Crippen LogP contribution is -2.36. The summed E-state index contributed by atoms with van der Waals surface area (Å²) in [5.41, 5.74) is 2.15. The molecule has 1 heterocycles. The third-order valence-electron chi connectivity index (χ3n) is 5.32. The first-order valence-corrected chi connectivity index (χ1v) is 11.2. The van der Waals surface area contributed by atoms with E-state index in [0.29, 0.717) is 24.4 Å². The Morgan fingerprint density at radius 3 is 2.41 bits per heavy atom. The van der Waals surface area contributed by atoms with Crippen LogP contribution in [0.1, 0.15) is 21.5 Å². The molecule has 1 aliphatic heterocycles. The first kappa shape index (κ1) is 21.9. The highest BCUT2D eigenvalue weighted by atomic mass is 32.2. The summed E-state index contributed by atoms with van der Waals surface area (Å²) in [7, 11) is -2.20. The molecule has 1 aliphatic rings. The van der Waals surface area contributed by atoms with Crippen LogP contribution in [0.5, 0.6) is 5.75 Å². The van der Waals surface area contributed by atoms with Crippen LogP contribution >= 0.6 is 0 Å². The highest BCUT2D eigenvalue weighted by Crippen LogP contribution is 2.28. The number of methoxy groups -OCH3 is 1. The van der Waals surface area contributed by atoms with Crippen molar-refractivity contribution in [3.63, 3.8) is 0 Å². The van der Waals surface area contributed by atoms with E-state index in [-0.39, 0.29) is 17.0 Å². The largest absolute Gasteiger partial charge is 0.497 e. The summed E-state index contributed by atoms with van der Waals surface area (Å²) < 4.78 is 59.1. The molecule has 0 fully saturated rings. The molecule has 3 aromatic rings. The van der Waals surface area contributed by atoms with E-state index in [1.165, 1.54) is 29.6 Å². The van der Waals surface area contributed by atoms with E-state index in [1.807, 2.05) is 6.07 Å². The van der Waals surface area contributed by atoms with E-state index in [9.17, 15) is 22.0 Å². The highest BCUT2D eigenvalue weighted by Gasteiger charge is 2.28. The van der Waals surface area contributed by atoms with Gasteiger partial charge in [-0.1, -0.05) is 6.07 Å². The average molecular weight is 458 g/mol. The second-order valence-electron chi connectivity index (χ2n) is 7.33. The zero-order chi connectivity index (χ0) is 22.9. The lowest BCUT2D eigenvalue weighted by atomic mass is 10.0. The lowest BCUT2D eigenvalue weighted by Gasteiger charge is -2.28. The van der Waals surface area contributed by atoms with E-state index in [4.69, 9.17) is 4.74 Å². The van der Waals surface area contributed by atoms with E-state index in [1.54, 1.807) is 24.3 Å². The van der Waals surface area contributed by atoms with Gasteiger partial charge < -0.3 is 10.1 Å².